The van der Waals surface area contributed by atoms with Crippen LogP contribution in [0.4, 0.5) is 67.2 Å². The van der Waals surface area contributed by atoms with Gasteiger partial charge in [-0.05, 0) is 37.3 Å². The molecule has 2 N–H and O–H groups in total. The van der Waals surface area contributed by atoms with Crippen LogP contribution in [0.3, 0.4) is 0 Å². The molecule has 0 aromatic heterocycles. The Kier molecular flexibility index (Phi) is 10.5. The third-order valence-corrected chi connectivity index (χ3v) is 10.3. The number of halogens is 15. The summed E-state index contributed by atoms with van der Waals surface area (Å²) in [4.78, 5) is 2.16. The number of nitrogens with zero attached hydrogens (tertiary/aromatic N) is 1. The van der Waals surface area contributed by atoms with Gasteiger partial charge in [0.05, 0.1) is 18.4 Å². The Balaban J connectivity index is 0.000000259. The van der Waals surface area contributed by atoms with Crippen molar-refractivity contribution in [3.05, 3.63) is 24.3 Å². The monoisotopic (exact) mass is 874 g/mol. The van der Waals surface area contributed by atoms with Crippen molar-refractivity contribution < 1.29 is 88.6 Å². The third-order valence-electron chi connectivity index (χ3n) is 8.83. The Morgan fingerprint density at radius 3 is 1.98 bits per heavy atom. The highest BCUT2D eigenvalue weighted by Gasteiger charge is 2.88. The molecule has 5 rings (SSSR count). The van der Waals surface area contributed by atoms with Gasteiger partial charge in [-0.1, -0.05) is 12.1 Å². The quantitative estimate of drug-likeness (QED) is 0.121. The van der Waals surface area contributed by atoms with Gasteiger partial charge in [0.25, 0.3) is 5.60 Å². The van der Waals surface area contributed by atoms with Crippen molar-refractivity contribution in [1.82, 2.24) is 5.32 Å². The fourth-order valence-corrected chi connectivity index (χ4v) is 7.08. The minimum atomic E-state index is -6.87. The molecule has 282 valence electrons. The van der Waals surface area contributed by atoms with E-state index in [0.717, 1.165) is 31.9 Å². The molecule has 4 fully saturated rings. The van der Waals surface area contributed by atoms with Crippen LogP contribution in [0.15, 0.2) is 24.3 Å². The maximum absolute atomic E-state index is 13.6. The highest BCUT2D eigenvalue weighted by molar-refractivity contribution is 14.1. The number of rotatable bonds is 9. The van der Waals surface area contributed by atoms with Crippen LogP contribution in [0.2, 0.25) is 0 Å². The standard InChI is InChI=1S/C21H24F6N2O2.C4HF8IO4S/c22-20(23,24)19(21(25,26)27)16-13-5-6-18(11-13,17(16)31-19)12-30-15-4-2-1-3-14(15)29-9-7-28-8-10-29;5-1(6,13)2(7,8)17-3(9,10)4(11,12)18(14,15)16/h1-4,13,16-17,28H,5-12H2;(H,14,15,16). The summed E-state index contributed by atoms with van der Waals surface area (Å²) in [7, 11) is -6.87. The number of piperazine rings is 1. The van der Waals surface area contributed by atoms with Crippen molar-refractivity contribution in [2.45, 2.75) is 64.7 Å². The van der Waals surface area contributed by atoms with Gasteiger partial charge >= 0.3 is 43.9 Å². The SMILES string of the molecule is FC(F)(F)C1(C(F)(F)F)OC2C1C1CCC2(COc2ccccc2N2CCNCC2)C1.O=S(=O)(O)C(F)(F)C(F)(F)OC(F)(F)C(F)(F)I. The fraction of sp³-hybridized carbons (Fsp3) is 0.760. The van der Waals surface area contributed by atoms with Gasteiger partial charge in [-0.25, -0.2) is 4.74 Å². The molecule has 24 heteroatoms. The number of nitrogens with one attached hydrogen (secondary N) is 1. The van der Waals surface area contributed by atoms with E-state index in [4.69, 9.17) is 14.0 Å². The summed E-state index contributed by atoms with van der Waals surface area (Å²) in [6.07, 6.45) is -23.6. The lowest BCUT2D eigenvalue weighted by Gasteiger charge is -2.59. The normalized spacial score (nSPS) is 27.6. The van der Waals surface area contributed by atoms with Gasteiger partial charge in [-0.2, -0.15) is 69.9 Å². The van der Waals surface area contributed by atoms with Gasteiger partial charge < -0.3 is 19.7 Å². The molecule has 49 heavy (non-hydrogen) atoms. The van der Waals surface area contributed by atoms with Crippen LogP contribution in [-0.4, -0.2) is 91.2 Å². The molecular formula is C25H25F14IN2O6S. The molecule has 2 saturated heterocycles. The van der Waals surface area contributed by atoms with Crippen molar-refractivity contribution in [3.8, 4) is 5.75 Å². The van der Waals surface area contributed by atoms with Crippen molar-refractivity contribution in [2.24, 2.45) is 17.3 Å². The van der Waals surface area contributed by atoms with E-state index < -0.39 is 95.4 Å². The minimum Gasteiger partial charge on any atom is -0.491 e. The van der Waals surface area contributed by atoms with Gasteiger partial charge in [0.2, 0.25) is 0 Å². The predicted octanol–water partition coefficient (Wildman–Crippen LogP) is 6.85. The average molecular weight is 874 g/mol. The maximum Gasteiger partial charge on any atom is 0.460 e. The summed E-state index contributed by atoms with van der Waals surface area (Å²) < 4.78 is 214. The first-order chi connectivity index (χ1) is 22.0. The molecule has 2 heterocycles. The number of fused-ring (bicyclic) bond motifs is 5. The molecule has 1 aromatic carbocycles. The second-order valence-electron chi connectivity index (χ2n) is 11.8. The van der Waals surface area contributed by atoms with Gasteiger partial charge in [0, 0.05) is 60.1 Å². The molecule has 4 atom stereocenters. The maximum atomic E-state index is 13.6. The third kappa shape index (κ3) is 6.98. The van der Waals surface area contributed by atoms with E-state index in [0.29, 0.717) is 18.6 Å². The van der Waals surface area contributed by atoms with Crippen LogP contribution >= 0.6 is 22.6 Å². The van der Waals surface area contributed by atoms with Gasteiger partial charge in [-0.15, -0.1) is 0 Å². The van der Waals surface area contributed by atoms with E-state index in [1.807, 2.05) is 22.9 Å². The average Bonchev–Trinajstić information content (AvgIpc) is 3.42. The van der Waals surface area contributed by atoms with Crippen molar-refractivity contribution in [1.29, 1.82) is 0 Å². The van der Waals surface area contributed by atoms with Crippen LogP contribution in [0.5, 0.6) is 5.75 Å². The number of ether oxygens (including phenoxy) is 3. The largest absolute Gasteiger partial charge is 0.491 e. The first-order valence-electron chi connectivity index (χ1n) is 13.9. The predicted molar refractivity (Wildman–Crippen MR) is 146 cm³/mol. The highest BCUT2D eigenvalue weighted by Crippen LogP contribution is 2.73. The minimum absolute atomic E-state index is 0.0551. The van der Waals surface area contributed by atoms with Gasteiger partial charge in [-0.3, -0.25) is 4.55 Å². The number of benzene rings is 1. The molecule has 2 bridgehead atoms. The molecule has 2 saturated carbocycles. The lowest BCUT2D eigenvalue weighted by molar-refractivity contribution is -0.476. The lowest BCUT2D eigenvalue weighted by Crippen LogP contribution is -2.77. The zero-order chi connectivity index (χ0) is 37.3. The summed E-state index contributed by atoms with van der Waals surface area (Å²) in [6, 6.07) is 7.41. The molecule has 2 aliphatic heterocycles. The second-order valence-corrected chi connectivity index (χ2v) is 14.6. The number of anilines is 1. The number of hydrogen-bond acceptors (Lipinski definition) is 7. The second kappa shape index (κ2) is 12.8. The molecule has 4 unspecified atom stereocenters. The summed E-state index contributed by atoms with van der Waals surface area (Å²) >= 11 is -0.390. The summed E-state index contributed by atoms with van der Waals surface area (Å²) in [5.74, 6) is -1.65. The molecule has 1 aromatic rings. The van der Waals surface area contributed by atoms with E-state index >= 15 is 0 Å². The van der Waals surface area contributed by atoms with E-state index in [1.165, 1.54) is 0 Å². The molecule has 2 aliphatic carbocycles. The van der Waals surface area contributed by atoms with Crippen LogP contribution in [0, 0.1) is 17.3 Å². The van der Waals surface area contributed by atoms with Crippen LogP contribution < -0.4 is 15.0 Å². The van der Waals surface area contributed by atoms with Crippen molar-refractivity contribution in [3.63, 3.8) is 0 Å². The summed E-state index contributed by atoms with van der Waals surface area (Å²) in [6.45, 7) is 3.30. The van der Waals surface area contributed by atoms with E-state index in [-0.39, 0.29) is 13.0 Å². The summed E-state index contributed by atoms with van der Waals surface area (Å²) in [5, 5.41) is -3.27. The molecule has 4 aliphatic rings. The Morgan fingerprint density at radius 1 is 0.918 bits per heavy atom. The van der Waals surface area contributed by atoms with Crippen LogP contribution in [-0.2, 0) is 19.6 Å². The Hall–Kier alpha value is -1.64. The molecule has 8 nitrogen and oxygen atoms in total. The van der Waals surface area contributed by atoms with Crippen molar-refractivity contribution in [2.75, 3.05) is 37.7 Å². The smallest absolute Gasteiger partial charge is 0.460 e. The zero-order valence-electron chi connectivity index (χ0n) is 24.2. The Bertz CT molecular complexity index is 1450. The van der Waals surface area contributed by atoms with Gasteiger partial charge in [0.15, 0.2) is 0 Å². The fourth-order valence-electron chi connectivity index (χ4n) is 6.62. The first-order valence-corrected chi connectivity index (χ1v) is 16.4. The van der Waals surface area contributed by atoms with Crippen LogP contribution in [0.1, 0.15) is 19.3 Å². The number of alkyl halides is 15. The van der Waals surface area contributed by atoms with E-state index in [2.05, 4.69) is 10.2 Å². The Morgan fingerprint density at radius 2 is 1.47 bits per heavy atom. The lowest BCUT2D eigenvalue weighted by atomic mass is 9.64. The Labute approximate surface area is 281 Å². The zero-order valence-corrected chi connectivity index (χ0v) is 27.2. The van der Waals surface area contributed by atoms with Crippen LogP contribution in [0.25, 0.3) is 0 Å². The topological polar surface area (TPSA) is 97.3 Å². The molecule has 0 spiro atoms. The molecule has 0 amide bonds. The molecular weight excluding hydrogens is 849 g/mol. The highest BCUT2D eigenvalue weighted by atomic mass is 127. The van der Waals surface area contributed by atoms with E-state index in [9.17, 15) is 69.9 Å². The number of para-hydroxylation sites is 2. The number of hydrogen-bond donors (Lipinski definition) is 2. The molecule has 0 radical (unpaired) electrons. The van der Waals surface area contributed by atoms with Crippen molar-refractivity contribution >= 4 is 38.4 Å². The van der Waals surface area contributed by atoms with Gasteiger partial charge in [0.1, 0.15) is 5.75 Å². The van der Waals surface area contributed by atoms with E-state index in [1.54, 1.807) is 6.07 Å². The first kappa shape index (κ1) is 40.1. The summed E-state index contributed by atoms with van der Waals surface area (Å²) in [5.41, 5.74) is -3.97.